The number of carbonyl (C=O) groups is 1. The molecule has 0 saturated heterocycles. The predicted octanol–water partition coefficient (Wildman–Crippen LogP) is 1.49. The lowest BCUT2D eigenvalue weighted by Gasteiger charge is -2.04. The number of aromatic nitrogens is 2. The van der Waals surface area contributed by atoms with Crippen LogP contribution in [0.25, 0.3) is 11.1 Å². The molecule has 0 aliphatic carbocycles. The number of hydrogen-bond donors (Lipinski definition) is 2. The molecule has 1 aromatic carbocycles. The van der Waals surface area contributed by atoms with Crippen molar-refractivity contribution in [3.8, 4) is 0 Å². The number of hydrogen-bond acceptors (Lipinski definition) is 4. The molecule has 0 spiro atoms. The highest BCUT2D eigenvalue weighted by molar-refractivity contribution is 5.92. The van der Waals surface area contributed by atoms with Gasteiger partial charge in [0.1, 0.15) is 5.69 Å². The fraction of sp³-hybridized carbons (Fsp3) is 0.133. The highest BCUT2D eigenvalue weighted by Crippen LogP contribution is 2.12. The summed E-state index contributed by atoms with van der Waals surface area (Å²) >= 11 is 0. The van der Waals surface area contributed by atoms with E-state index in [4.69, 9.17) is 4.42 Å². The van der Waals surface area contributed by atoms with Crippen LogP contribution in [0.3, 0.4) is 0 Å². The van der Waals surface area contributed by atoms with Crippen molar-refractivity contribution in [2.45, 2.75) is 6.42 Å². The molecule has 0 atom stereocenters. The van der Waals surface area contributed by atoms with Crippen molar-refractivity contribution >= 4 is 17.0 Å². The molecule has 0 saturated carbocycles. The average molecular weight is 283 g/mol. The topological polar surface area (TPSA) is 88.0 Å². The number of carbonyl (C=O) groups excluding carboxylic acids is 1. The third-order valence-electron chi connectivity index (χ3n) is 3.08. The Morgan fingerprint density at radius 1 is 1.29 bits per heavy atom. The van der Waals surface area contributed by atoms with Crippen LogP contribution < -0.4 is 11.1 Å². The standard InChI is InChI=1S/C15H13N3O3/c19-14(12-3-1-2-7-16-12)17-8-6-10-4-5-11-13(9-10)21-15(20)18-11/h1-5,7,9H,6,8H2,(H,17,19)(H,18,20). The lowest BCUT2D eigenvalue weighted by atomic mass is 10.1. The van der Waals surface area contributed by atoms with E-state index in [1.807, 2.05) is 6.07 Å². The number of pyridine rings is 1. The van der Waals surface area contributed by atoms with Gasteiger partial charge in [-0.05, 0) is 36.2 Å². The minimum Gasteiger partial charge on any atom is -0.408 e. The maximum absolute atomic E-state index is 11.8. The fourth-order valence-corrected chi connectivity index (χ4v) is 2.05. The largest absolute Gasteiger partial charge is 0.417 e. The second-order valence-electron chi connectivity index (χ2n) is 4.57. The lowest BCUT2D eigenvalue weighted by Crippen LogP contribution is -2.26. The number of H-pyrrole nitrogens is 1. The van der Waals surface area contributed by atoms with Crippen LogP contribution in [0.2, 0.25) is 0 Å². The molecular weight excluding hydrogens is 270 g/mol. The first-order chi connectivity index (χ1) is 10.2. The maximum atomic E-state index is 11.8. The van der Waals surface area contributed by atoms with Crippen LogP contribution in [0.4, 0.5) is 0 Å². The first kappa shape index (κ1) is 13.1. The Morgan fingerprint density at radius 3 is 3.00 bits per heavy atom. The van der Waals surface area contributed by atoms with E-state index >= 15 is 0 Å². The van der Waals surface area contributed by atoms with Gasteiger partial charge >= 0.3 is 5.76 Å². The summed E-state index contributed by atoms with van der Waals surface area (Å²) < 4.78 is 5.00. The SMILES string of the molecule is O=C(NCCc1ccc2[nH]c(=O)oc2c1)c1ccccn1. The molecule has 2 aromatic heterocycles. The quantitative estimate of drug-likeness (QED) is 0.759. The number of amides is 1. The van der Waals surface area contributed by atoms with Crippen molar-refractivity contribution in [2.24, 2.45) is 0 Å². The molecule has 3 aromatic rings. The van der Waals surface area contributed by atoms with E-state index < -0.39 is 5.76 Å². The van der Waals surface area contributed by atoms with E-state index in [9.17, 15) is 9.59 Å². The summed E-state index contributed by atoms with van der Waals surface area (Å²) in [6, 6.07) is 10.7. The van der Waals surface area contributed by atoms with Crippen LogP contribution >= 0.6 is 0 Å². The highest BCUT2D eigenvalue weighted by Gasteiger charge is 2.06. The van der Waals surface area contributed by atoms with Crippen LogP contribution in [0.15, 0.2) is 51.8 Å². The normalized spacial score (nSPS) is 10.7. The van der Waals surface area contributed by atoms with Gasteiger partial charge in [-0.2, -0.15) is 0 Å². The van der Waals surface area contributed by atoms with Gasteiger partial charge in [0, 0.05) is 12.7 Å². The molecule has 21 heavy (non-hydrogen) atoms. The molecule has 0 aliphatic heterocycles. The summed E-state index contributed by atoms with van der Waals surface area (Å²) in [5.74, 6) is -0.671. The number of nitrogens with one attached hydrogen (secondary N) is 2. The number of benzene rings is 1. The molecule has 3 rings (SSSR count). The summed E-state index contributed by atoms with van der Waals surface area (Å²) in [5.41, 5.74) is 2.56. The van der Waals surface area contributed by atoms with E-state index in [2.05, 4.69) is 15.3 Å². The zero-order valence-corrected chi connectivity index (χ0v) is 11.1. The van der Waals surface area contributed by atoms with Crippen LogP contribution in [0.5, 0.6) is 0 Å². The third-order valence-corrected chi connectivity index (χ3v) is 3.08. The summed E-state index contributed by atoms with van der Waals surface area (Å²) in [6.07, 6.45) is 2.22. The molecule has 6 nitrogen and oxygen atoms in total. The monoisotopic (exact) mass is 283 g/mol. The lowest BCUT2D eigenvalue weighted by molar-refractivity contribution is 0.0949. The zero-order valence-electron chi connectivity index (χ0n) is 11.1. The first-order valence-corrected chi connectivity index (χ1v) is 6.53. The summed E-state index contributed by atoms with van der Waals surface area (Å²) in [7, 11) is 0. The molecule has 0 bridgehead atoms. The Labute approximate surface area is 119 Å². The van der Waals surface area contributed by atoms with Crippen molar-refractivity contribution in [3.05, 3.63) is 64.4 Å². The van der Waals surface area contributed by atoms with E-state index in [1.54, 1.807) is 36.5 Å². The molecular formula is C15H13N3O3. The van der Waals surface area contributed by atoms with E-state index in [0.29, 0.717) is 29.8 Å². The Hall–Kier alpha value is -2.89. The molecule has 1 amide bonds. The number of fused-ring (bicyclic) bond motifs is 1. The molecule has 6 heteroatoms. The number of oxazole rings is 1. The summed E-state index contributed by atoms with van der Waals surface area (Å²) in [5, 5.41) is 2.80. The number of aromatic amines is 1. The second-order valence-corrected chi connectivity index (χ2v) is 4.57. The van der Waals surface area contributed by atoms with Crippen molar-refractivity contribution < 1.29 is 9.21 Å². The zero-order chi connectivity index (χ0) is 14.7. The van der Waals surface area contributed by atoms with Crippen molar-refractivity contribution in [3.63, 3.8) is 0 Å². The van der Waals surface area contributed by atoms with Crippen LogP contribution in [0.1, 0.15) is 16.1 Å². The fourth-order valence-electron chi connectivity index (χ4n) is 2.05. The van der Waals surface area contributed by atoms with Crippen molar-refractivity contribution in [1.82, 2.24) is 15.3 Å². The minimum atomic E-state index is -0.467. The highest BCUT2D eigenvalue weighted by atomic mass is 16.4. The van der Waals surface area contributed by atoms with Gasteiger partial charge in [-0.3, -0.25) is 14.8 Å². The Kier molecular flexibility index (Phi) is 3.51. The number of rotatable bonds is 4. The third kappa shape index (κ3) is 3.00. The average Bonchev–Trinajstić information content (AvgIpc) is 2.87. The smallest absolute Gasteiger partial charge is 0.408 e. The van der Waals surface area contributed by atoms with E-state index in [0.717, 1.165) is 5.56 Å². The Balaban J connectivity index is 1.61. The predicted molar refractivity (Wildman–Crippen MR) is 77.1 cm³/mol. The van der Waals surface area contributed by atoms with Gasteiger partial charge in [0.25, 0.3) is 5.91 Å². The van der Waals surface area contributed by atoms with Crippen molar-refractivity contribution in [2.75, 3.05) is 6.54 Å². The van der Waals surface area contributed by atoms with E-state index in [1.165, 1.54) is 0 Å². The molecule has 0 fully saturated rings. The minimum absolute atomic E-state index is 0.204. The first-order valence-electron chi connectivity index (χ1n) is 6.53. The van der Waals surface area contributed by atoms with E-state index in [-0.39, 0.29) is 5.91 Å². The van der Waals surface area contributed by atoms with Crippen LogP contribution in [-0.2, 0) is 6.42 Å². The molecule has 0 aliphatic rings. The molecule has 0 radical (unpaired) electrons. The maximum Gasteiger partial charge on any atom is 0.417 e. The second kappa shape index (κ2) is 5.62. The van der Waals surface area contributed by atoms with Gasteiger partial charge in [0.05, 0.1) is 5.52 Å². The molecule has 2 N–H and O–H groups in total. The van der Waals surface area contributed by atoms with Crippen LogP contribution in [0, 0.1) is 0 Å². The van der Waals surface area contributed by atoms with Crippen molar-refractivity contribution in [1.29, 1.82) is 0 Å². The molecule has 0 unspecified atom stereocenters. The summed E-state index contributed by atoms with van der Waals surface area (Å²) in [6.45, 7) is 0.482. The van der Waals surface area contributed by atoms with Gasteiger partial charge in [-0.15, -0.1) is 0 Å². The van der Waals surface area contributed by atoms with Gasteiger partial charge in [-0.25, -0.2) is 4.79 Å². The van der Waals surface area contributed by atoms with Gasteiger partial charge in [0.2, 0.25) is 0 Å². The molecule has 106 valence electrons. The number of nitrogens with zero attached hydrogens (tertiary/aromatic N) is 1. The Bertz CT molecular complexity index is 821. The van der Waals surface area contributed by atoms with Gasteiger partial charge < -0.3 is 9.73 Å². The van der Waals surface area contributed by atoms with Crippen LogP contribution in [-0.4, -0.2) is 22.4 Å². The summed E-state index contributed by atoms with van der Waals surface area (Å²) in [4.78, 5) is 29.4. The van der Waals surface area contributed by atoms with Gasteiger partial charge in [0.15, 0.2) is 5.58 Å². The van der Waals surface area contributed by atoms with Gasteiger partial charge in [-0.1, -0.05) is 12.1 Å². The Morgan fingerprint density at radius 2 is 2.19 bits per heavy atom. The molecule has 2 heterocycles.